The first-order valence-corrected chi connectivity index (χ1v) is 11.0. The largest absolute Gasteiger partial charge is 0.497 e. The second kappa shape index (κ2) is 7.77. The number of ether oxygens (including phenoxy) is 1. The van der Waals surface area contributed by atoms with E-state index in [0.29, 0.717) is 6.54 Å². The van der Waals surface area contributed by atoms with E-state index in [4.69, 9.17) is 4.74 Å². The molecule has 2 aromatic carbocycles. The van der Waals surface area contributed by atoms with Crippen LogP contribution in [0.5, 0.6) is 5.75 Å². The third-order valence-corrected chi connectivity index (χ3v) is 6.89. The summed E-state index contributed by atoms with van der Waals surface area (Å²) in [4.78, 5) is 15.2. The van der Waals surface area contributed by atoms with Crippen LogP contribution < -0.4 is 4.74 Å². The second-order valence-electron chi connectivity index (χ2n) is 8.52. The molecule has 0 saturated carbocycles. The number of nitrogens with zero attached hydrogens (tertiary/aromatic N) is 2. The van der Waals surface area contributed by atoms with Gasteiger partial charge in [-0.3, -0.25) is 4.79 Å². The molecule has 2 bridgehead atoms. The summed E-state index contributed by atoms with van der Waals surface area (Å²) in [6, 6.07) is 17.0. The maximum Gasteiger partial charge on any atom is 0.236 e. The molecule has 1 amide bonds. The van der Waals surface area contributed by atoms with Crippen molar-refractivity contribution < 1.29 is 9.53 Å². The quantitative estimate of drug-likeness (QED) is 0.579. The lowest BCUT2D eigenvalue weighted by Crippen LogP contribution is -2.45. The zero-order valence-electron chi connectivity index (χ0n) is 18.0. The molecular formula is C27H28N2O2. The summed E-state index contributed by atoms with van der Waals surface area (Å²) in [5.41, 5.74) is 4.62. The summed E-state index contributed by atoms with van der Waals surface area (Å²) >= 11 is 0. The van der Waals surface area contributed by atoms with E-state index < -0.39 is 5.41 Å². The molecular weight excluding hydrogens is 384 g/mol. The van der Waals surface area contributed by atoms with Gasteiger partial charge in [0.05, 0.1) is 12.5 Å². The minimum atomic E-state index is -0.596. The van der Waals surface area contributed by atoms with E-state index in [2.05, 4.69) is 59.7 Å². The van der Waals surface area contributed by atoms with Crippen LogP contribution in [0.15, 0.2) is 73.3 Å². The maximum atomic E-state index is 13.2. The molecule has 2 aliphatic rings. The smallest absolute Gasteiger partial charge is 0.236 e. The Hall–Kier alpha value is -3.27. The molecule has 0 N–H and O–H groups in total. The van der Waals surface area contributed by atoms with Crippen LogP contribution in [0.25, 0.3) is 10.9 Å². The van der Waals surface area contributed by atoms with Crippen molar-refractivity contribution in [3.8, 4) is 5.75 Å². The van der Waals surface area contributed by atoms with Crippen molar-refractivity contribution >= 4 is 16.8 Å². The van der Waals surface area contributed by atoms with Gasteiger partial charge in [0, 0.05) is 36.2 Å². The molecule has 31 heavy (non-hydrogen) atoms. The summed E-state index contributed by atoms with van der Waals surface area (Å²) in [5, 5.41) is 1.30. The van der Waals surface area contributed by atoms with Crippen molar-refractivity contribution in [2.45, 2.75) is 25.8 Å². The van der Waals surface area contributed by atoms with E-state index in [1.54, 1.807) is 7.11 Å². The Labute approximate surface area is 183 Å². The summed E-state index contributed by atoms with van der Waals surface area (Å²) in [6.07, 6.45) is 8.50. The summed E-state index contributed by atoms with van der Waals surface area (Å²) in [5.74, 6) is 1.06. The number of para-hydroxylation sites is 1. The fourth-order valence-electron chi connectivity index (χ4n) is 5.14. The molecule has 0 spiro atoms. The lowest BCUT2D eigenvalue weighted by Gasteiger charge is -2.35. The predicted molar refractivity (Wildman–Crippen MR) is 124 cm³/mol. The highest BCUT2D eigenvalue weighted by Gasteiger charge is 2.39. The number of aromatic nitrogens is 1. The number of carbonyl (C=O) groups is 1. The van der Waals surface area contributed by atoms with E-state index in [1.165, 1.54) is 27.7 Å². The molecule has 158 valence electrons. The Balaban J connectivity index is 1.61. The number of hydrogen-bond donors (Lipinski definition) is 0. The molecule has 2 aliphatic heterocycles. The average Bonchev–Trinajstić information content (AvgIpc) is 3.11. The summed E-state index contributed by atoms with van der Waals surface area (Å²) in [7, 11) is 1.69. The molecule has 0 aliphatic carbocycles. The normalized spacial score (nSPS) is 20.7. The van der Waals surface area contributed by atoms with Crippen LogP contribution in [0, 0.1) is 5.41 Å². The van der Waals surface area contributed by atoms with Crippen LogP contribution in [-0.4, -0.2) is 35.6 Å². The minimum absolute atomic E-state index is 0.196. The number of fused-ring (bicyclic) bond motifs is 5. The Morgan fingerprint density at radius 2 is 1.94 bits per heavy atom. The number of carbonyl (C=O) groups excluding carboxylic acids is 1. The van der Waals surface area contributed by atoms with Gasteiger partial charge in [0.15, 0.2) is 0 Å². The Kier molecular flexibility index (Phi) is 4.93. The Bertz CT molecular complexity index is 1170. The van der Waals surface area contributed by atoms with Crippen LogP contribution in [0.2, 0.25) is 0 Å². The monoisotopic (exact) mass is 412 g/mol. The zero-order chi connectivity index (χ0) is 21.4. The first-order chi connectivity index (χ1) is 15.1. The van der Waals surface area contributed by atoms with Gasteiger partial charge in [-0.05, 0) is 48.6 Å². The molecule has 3 aromatic rings. The Morgan fingerprint density at radius 1 is 1.13 bits per heavy atom. The number of rotatable bonds is 4. The van der Waals surface area contributed by atoms with Crippen LogP contribution in [0.3, 0.4) is 0 Å². The highest BCUT2D eigenvalue weighted by atomic mass is 16.5. The van der Waals surface area contributed by atoms with E-state index in [1.807, 2.05) is 23.1 Å². The number of methoxy groups -OCH3 is 1. The first-order valence-electron chi connectivity index (χ1n) is 11.0. The summed E-state index contributed by atoms with van der Waals surface area (Å²) < 4.78 is 7.77. The highest BCUT2D eigenvalue weighted by molar-refractivity contribution is 5.89. The third kappa shape index (κ3) is 3.27. The van der Waals surface area contributed by atoms with Gasteiger partial charge in [0.25, 0.3) is 0 Å². The van der Waals surface area contributed by atoms with Gasteiger partial charge < -0.3 is 14.2 Å². The van der Waals surface area contributed by atoms with Crippen molar-refractivity contribution in [1.82, 2.24) is 9.47 Å². The Morgan fingerprint density at radius 3 is 2.71 bits per heavy atom. The van der Waals surface area contributed by atoms with Gasteiger partial charge in [-0.15, -0.1) is 6.58 Å². The maximum absolute atomic E-state index is 13.2. The molecule has 1 atom stereocenters. The van der Waals surface area contributed by atoms with Gasteiger partial charge in [0.1, 0.15) is 5.75 Å². The van der Waals surface area contributed by atoms with Gasteiger partial charge in [-0.2, -0.15) is 0 Å². The first kappa shape index (κ1) is 19.7. The average molecular weight is 413 g/mol. The fraction of sp³-hybridized carbons (Fsp3) is 0.296. The number of hydrogen-bond acceptors (Lipinski definition) is 2. The van der Waals surface area contributed by atoms with Crippen LogP contribution in [-0.2, 0) is 24.2 Å². The lowest BCUT2D eigenvalue weighted by atomic mass is 9.79. The topological polar surface area (TPSA) is 34.5 Å². The lowest BCUT2D eigenvalue weighted by molar-refractivity contribution is -0.137. The standard InChI is InChI=1S/C27H28N2O2/c1-3-27-15-6-17-28(26(27)30)18-14-23-22-7-4-5-8-24(22)29(25(23)13-16-27)19-20-9-11-21(31-2)12-10-20/h3-12,15H,1,13-14,16-19H2,2H3/t27-/m0/s1. The summed E-state index contributed by atoms with van der Waals surface area (Å²) in [6.45, 7) is 6.26. The van der Waals surface area contributed by atoms with Gasteiger partial charge in [0.2, 0.25) is 5.91 Å². The molecule has 0 unspecified atom stereocenters. The molecule has 0 saturated heterocycles. The van der Waals surface area contributed by atoms with E-state index in [9.17, 15) is 4.79 Å². The minimum Gasteiger partial charge on any atom is -0.497 e. The molecule has 0 fully saturated rings. The van der Waals surface area contributed by atoms with Crippen molar-refractivity contribution in [2.24, 2.45) is 5.41 Å². The zero-order valence-corrected chi connectivity index (χ0v) is 18.0. The number of benzene rings is 2. The van der Waals surface area contributed by atoms with Crippen molar-refractivity contribution in [3.05, 3.63) is 90.2 Å². The fourth-order valence-corrected chi connectivity index (χ4v) is 5.14. The van der Waals surface area contributed by atoms with Crippen molar-refractivity contribution in [2.75, 3.05) is 20.2 Å². The molecule has 0 radical (unpaired) electrons. The third-order valence-electron chi connectivity index (χ3n) is 6.89. The molecule has 3 heterocycles. The number of amides is 1. The molecule has 4 nitrogen and oxygen atoms in total. The van der Waals surface area contributed by atoms with Crippen LogP contribution in [0.4, 0.5) is 0 Å². The van der Waals surface area contributed by atoms with E-state index in [0.717, 1.165) is 38.1 Å². The molecule has 1 aromatic heterocycles. The van der Waals surface area contributed by atoms with E-state index >= 15 is 0 Å². The van der Waals surface area contributed by atoms with Crippen molar-refractivity contribution in [1.29, 1.82) is 0 Å². The SMILES string of the molecule is C=C[C@]12C=CCN(CCc3c(n(Cc4ccc(OC)cc4)c4ccccc34)CC1)C2=O. The van der Waals surface area contributed by atoms with Crippen LogP contribution >= 0.6 is 0 Å². The highest BCUT2D eigenvalue weighted by Crippen LogP contribution is 2.37. The predicted octanol–water partition coefficient (Wildman–Crippen LogP) is 4.76. The van der Waals surface area contributed by atoms with Crippen LogP contribution in [0.1, 0.15) is 23.2 Å². The van der Waals surface area contributed by atoms with Gasteiger partial charge >= 0.3 is 0 Å². The van der Waals surface area contributed by atoms with Gasteiger partial charge in [-0.1, -0.05) is 48.6 Å². The molecule has 5 rings (SSSR count). The molecule has 4 heteroatoms. The second-order valence-corrected chi connectivity index (χ2v) is 8.52. The van der Waals surface area contributed by atoms with E-state index in [-0.39, 0.29) is 5.91 Å². The van der Waals surface area contributed by atoms with Crippen molar-refractivity contribution in [3.63, 3.8) is 0 Å². The van der Waals surface area contributed by atoms with Gasteiger partial charge in [-0.25, -0.2) is 0 Å².